The maximum atomic E-state index is 12.9. The minimum absolute atomic E-state index is 0.338. The molecule has 21 heavy (non-hydrogen) atoms. The van der Waals surface area contributed by atoms with Crippen LogP contribution in [0.3, 0.4) is 0 Å². The number of aromatic nitrogens is 1. The highest BCUT2D eigenvalue weighted by Gasteiger charge is 2.27. The third-order valence-electron chi connectivity index (χ3n) is 3.66. The van der Waals surface area contributed by atoms with Gasteiger partial charge in [0.15, 0.2) is 0 Å². The highest BCUT2D eigenvalue weighted by Crippen LogP contribution is 2.25. The standard InChI is InChI=1S/C14H16ClN3O2S/c15-17-7-2-8-18(10-9-17)21(19,20)14-4-1-3-12-11-16-6-5-13(12)14/h1,3-6,11H,2,7-10H2. The summed E-state index contributed by atoms with van der Waals surface area (Å²) in [5.41, 5.74) is 0. The summed E-state index contributed by atoms with van der Waals surface area (Å²) in [6, 6.07) is 7.02. The summed E-state index contributed by atoms with van der Waals surface area (Å²) in [5.74, 6) is 0. The van der Waals surface area contributed by atoms with E-state index in [1.54, 1.807) is 35.0 Å². The molecule has 2 heterocycles. The van der Waals surface area contributed by atoms with Gasteiger partial charge < -0.3 is 0 Å². The Morgan fingerprint density at radius 1 is 1.10 bits per heavy atom. The molecule has 1 aliphatic heterocycles. The Morgan fingerprint density at radius 2 is 1.95 bits per heavy atom. The molecule has 1 aromatic carbocycles. The van der Waals surface area contributed by atoms with Crippen molar-refractivity contribution < 1.29 is 8.42 Å². The Kier molecular flexibility index (Phi) is 4.12. The van der Waals surface area contributed by atoms with Gasteiger partial charge in [-0.15, -0.1) is 0 Å². The van der Waals surface area contributed by atoms with Gasteiger partial charge in [0, 0.05) is 49.3 Å². The molecule has 1 aliphatic rings. The van der Waals surface area contributed by atoms with Gasteiger partial charge in [-0.2, -0.15) is 4.31 Å². The van der Waals surface area contributed by atoms with Gasteiger partial charge in [-0.25, -0.2) is 12.8 Å². The van der Waals surface area contributed by atoms with Crippen molar-refractivity contribution in [2.75, 3.05) is 26.2 Å². The molecule has 1 saturated heterocycles. The summed E-state index contributed by atoms with van der Waals surface area (Å²) >= 11 is 5.98. The number of hydrogen-bond acceptors (Lipinski definition) is 4. The molecule has 1 fully saturated rings. The largest absolute Gasteiger partial charge is 0.264 e. The summed E-state index contributed by atoms with van der Waals surface area (Å²) in [7, 11) is -3.52. The van der Waals surface area contributed by atoms with Crippen LogP contribution in [0.25, 0.3) is 10.8 Å². The van der Waals surface area contributed by atoms with E-state index < -0.39 is 10.0 Å². The van der Waals surface area contributed by atoms with Gasteiger partial charge in [0.2, 0.25) is 10.0 Å². The monoisotopic (exact) mass is 325 g/mol. The fourth-order valence-electron chi connectivity index (χ4n) is 2.56. The molecule has 3 rings (SSSR count). The number of rotatable bonds is 2. The van der Waals surface area contributed by atoms with Crippen molar-refractivity contribution in [3.05, 3.63) is 36.7 Å². The number of hydrogen-bond donors (Lipinski definition) is 0. The first kappa shape index (κ1) is 14.7. The molecule has 0 unspecified atom stereocenters. The van der Waals surface area contributed by atoms with Crippen LogP contribution in [-0.2, 0) is 10.0 Å². The fraction of sp³-hybridized carbons (Fsp3) is 0.357. The first-order valence-electron chi connectivity index (χ1n) is 6.83. The highest BCUT2D eigenvalue weighted by molar-refractivity contribution is 7.89. The van der Waals surface area contributed by atoms with Crippen molar-refractivity contribution >= 4 is 32.6 Å². The number of halogens is 1. The van der Waals surface area contributed by atoms with Crippen LogP contribution in [0.2, 0.25) is 0 Å². The third kappa shape index (κ3) is 2.89. The minimum Gasteiger partial charge on any atom is -0.264 e. The molecular weight excluding hydrogens is 310 g/mol. The third-order valence-corrected chi connectivity index (χ3v) is 5.95. The summed E-state index contributed by atoms with van der Waals surface area (Å²) in [6.07, 6.45) is 4.02. The van der Waals surface area contributed by atoms with Crippen LogP contribution >= 0.6 is 11.8 Å². The average Bonchev–Trinajstić information content (AvgIpc) is 2.72. The molecule has 7 heteroatoms. The van der Waals surface area contributed by atoms with E-state index in [9.17, 15) is 8.42 Å². The lowest BCUT2D eigenvalue weighted by Gasteiger charge is -2.20. The summed E-state index contributed by atoms with van der Waals surface area (Å²) in [4.78, 5) is 4.38. The van der Waals surface area contributed by atoms with Crippen LogP contribution in [0.1, 0.15) is 6.42 Å². The number of sulfonamides is 1. The molecule has 0 radical (unpaired) electrons. The number of nitrogens with zero attached hydrogens (tertiary/aromatic N) is 3. The number of pyridine rings is 1. The van der Waals surface area contributed by atoms with Crippen LogP contribution in [0.4, 0.5) is 0 Å². The van der Waals surface area contributed by atoms with Crippen molar-refractivity contribution in [1.82, 2.24) is 13.7 Å². The van der Waals surface area contributed by atoms with Crippen LogP contribution in [0.5, 0.6) is 0 Å². The predicted octanol–water partition coefficient (Wildman–Crippen LogP) is 2.08. The quantitative estimate of drug-likeness (QED) is 0.793. The molecule has 5 nitrogen and oxygen atoms in total. The molecule has 2 aromatic rings. The van der Waals surface area contributed by atoms with Crippen LogP contribution < -0.4 is 0 Å². The Bertz CT molecular complexity index is 745. The maximum absolute atomic E-state index is 12.9. The van der Waals surface area contributed by atoms with Crippen molar-refractivity contribution in [1.29, 1.82) is 0 Å². The zero-order valence-corrected chi connectivity index (χ0v) is 13.0. The Balaban J connectivity index is 2.04. The molecule has 1 aromatic heterocycles. The number of benzene rings is 1. The second-order valence-corrected chi connectivity index (χ2v) is 7.40. The van der Waals surface area contributed by atoms with E-state index in [0.29, 0.717) is 36.5 Å². The molecule has 0 amide bonds. The highest BCUT2D eigenvalue weighted by atomic mass is 35.5. The van der Waals surface area contributed by atoms with Crippen molar-refractivity contribution in [2.24, 2.45) is 0 Å². The molecule has 0 atom stereocenters. The van der Waals surface area contributed by atoms with Crippen molar-refractivity contribution in [2.45, 2.75) is 11.3 Å². The van der Waals surface area contributed by atoms with E-state index in [1.165, 1.54) is 4.31 Å². The number of fused-ring (bicyclic) bond motifs is 1. The lowest BCUT2D eigenvalue weighted by atomic mass is 10.2. The van der Waals surface area contributed by atoms with E-state index in [2.05, 4.69) is 4.98 Å². The van der Waals surface area contributed by atoms with E-state index in [-0.39, 0.29) is 0 Å². The first-order chi connectivity index (χ1) is 10.1. The second kappa shape index (κ2) is 5.88. The van der Waals surface area contributed by atoms with Crippen LogP contribution in [-0.4, -0.2) is 48.3 Å². The SMILES string of the molecule is O=S(=O)(c1cccc2cnccc12)N1CCCN(Cl)CC1. The Morgan fingerprint density at radius 3 is 2.81 bits per heavy atom. The Labute approximate surface area is 129 Å². The summed E-state index contributed by atoms with van der Waals surface area (Å²) in [5, 5.41) is 1.53. The van der Waals surface area contributed by atoms with E-state index in [1.807, 2.05) is 6.07 Å². The van der Waals surface area contributed by atoms with Crippen LogP contribution in [0.15, 0.2) is 41.6 Å². The fourth-order valence-corrected chi connectivity index (χ4v) is 4.44. The lowest BCUT2D eigenvalue weighted by Crippen LogP contribution is -2.34. The molecule has 0 spiro atoms. The predicted molar refractivity (Wildman–Crippen MR) is 82.5 cm³/mol. The van der Waals surface area contributed by atoms with Gasteiger partial charge in [0.25, 0.3) is 0 Å². The van der Waals surface area contributed by atoms with E-state index in [0.717, 1.165) is 11.8 Å². The van der Waals surface area contributed by atoms with Gasteiger partial charge in [-0.3, -0.25) is 4.98 Å². The maximum Gasteiger partial charge on any atom is 0.243 e. The van der Waals surface area contributed by atoms with Crippen molar-refractivity contribution in [3.8, 4) is 0 Å². The van der Waals surface area contributed by atoms with Gasteiger partial charge in [0.05, 0.1) is 4.90 Å². The lowest BCUT2D eigenvalue weighted by molar-refractivity contribution is 0.419. The van der Waals surface area contributed by atoms with Gasteiger partial charge in [-0.1, -0.05) is 12.1 Å². The zero-order valence-electron chi connectivity index (χ0n) is 11.4. The summed E-state index contributed by atoms with van der Waals surface area (Å²) < 4.78 is 29.0. The molecule has 0 N–H and O–H groups in total. The minimum atomic E-state index is -3.52. The van der Waals surface area contributed by atoms with Crippen molar-refractivity contribution in [3.63, 3.8) is 0 Å². The molecule has 112 valence electrons. The smallest absolute Gasteiger partial charge is 0.243 e. The van der Waals surface area contributed by atoms with Gasteiger partial charge in [-0.05, 0) is 30.3 Å². The summed E-state index contributed by atoms with van der Waals surface area (Å²) in [6.45, 7) is 2.14. The van der Waals surface area contributed by atoms with E-state index in [4.69, 9.17) is 11.8 Å². The van der Waals surface area contributed by atoms with Gasteiger partial charge in [0.1, 0.15) is 0 Å². The molecule has 0 bridgehead atoms. The zero-order chi connectivity index (χ0) is 14.9. The normalized spacial score (nSPS) is 18.7. The molecular formula is C14H16ClN3O2S. The van der Waals surface area contributed by atoms with E-state index >= 15 is 0 Å². The van der Waals surface area contributed by atoms with Crippen LogP contribution in [0, 0.1) is 0 Å². The first-order valence-corrected chi connectivity index (χ1v) is 8.60. The Hall–Kier alpha value is -1.21. The average molecular weight is 326 g/mol. The van der Waals surface area contributed by atoms with Gasteiger partial charge >= 0.3 is 0 Å². The second-order valence-electron chi connectivity index (χ2n) is 5.02. The molecule has 0 aliphatic carbocycles. The molecule has 0 saturated carbocycles. The topological polar surface area (TPSA) is 53.5 Å².